The smallest absolute Gasteiger partial charge is 0.225 e. The molecule has 2 saturated heterocycles. The van der Waals surface area contributed by atoms with Gasteiger partial charge in [-0.1, -0.05) is 12.2 Å². The normalized spacial score (nSPS) is 44.1. The Morgan fingerprint density at radius 1 is 1.47 bits per heavy atom. The lowest BCUT2D eigenvalue weighted by Gasteiger charge is -2.49. The zero-order chi connectivity index (χ0) is 10.5. The van der Waals surface area contributed by atoms with Gasteiger partial charge in [0.1, 0.15) is 5.72 Å². The van der Waals surface area contributed by atoms with Gasteiger partial charge in [-0.2, -0.15) is 0 Å². The molecule has 2 heterocycles. The quantitative estimate of drug-likeness (QED) is 0.566. The number of hydrogen-bond donors (Lipinski definition) is 0. The van der Waals surface area contributed by atoms with Gasteiger partial charge in [-0.05, 0) is 19.8 Å². The lowest BCUT2D eigenvalue weighted by Crippen LogP contribution is -2.59. The Hall–Kier alpha value is -0.830. The number of carbonyl (C=O) groups excluding carboxylic acids is 1. The van der Waals surface area contributed by atoms with Crippen LogP contribution in [0.1, 0.15) is 32.6 Å². The number of carbonyl (C=O) groups is 1. The van der Waals surface area contributed by atoms with E-state index in [9.17, 15) is 4.79 Å². The SMILES string of the molecule is C[C@@]12CCC(=O)N1[C@@H]1CC=CC[C@@H]1CO2. The van der Waals surface area contributed by atoms with Gasteiger partial charge in [0.15, 0.2) is 0 Å². The first-order chi connectivity index (χ1) is 7.21. The van der Waals surface area contributed by atoms with Crippen LogP contribution < -0.4 is 0 Å². The fraction of sp³-hybridized carbons (Fsp3) is 0.750. The van der Waals surface area contributed by atoms with E-state index in [1.165, 1.54) is 0 Å². The van der Waals surface area contributed by atoms with Crippen molar-refractivity contribution in [2.75, 3.05) is 6.61 Å². The summed E-state index contributed by atoms with van der Waals surface area (Å²) >= 11 is 0. The summed E-state index contributed by atoms with van der Waals surface area (Å²) in [5.74, 6) is 0.799. The summed E-state index contributed by atoms with van der Waals surface area (Å²) in [4.78, 5) is 13.9. The van der Waals surface area contributed by atoms with E-state index in [0.717, 1.165) is 25.9 Å². The van der Waals surface area contributed by atoms with Crippen molar-refractivity contribution in [2.24, 2.45) is 5.92 Å². The standard InChI is InChI=1S/C12H17NO2/c1-12-7-6-11(14)13(12)10-5-3-2-4-9(10)8-15-12/h2-3,9-10H,4-8H2,1H3/t9-,10-,12-/m1/s1. The Bertz CT molecular complexity index is 326. The maximum Gasteiger partial charge on any atom is 0.225 e. The Morgan fingerprint density at radius 3 is 3.13 bits per heavy atom. The highest BCUT2D eigenvalue weighted by Gasteiger charge is 2.51. The minimum atomic E-state index is -0.302. The molecule has 0 bridgehead atoms. The average molecular weight is 207 g/mol. The molecule has 15 heavy (non-hydrogen) atoms. The Labute approximate surface area is 90.1 Å². The number of fused-ring (bicyclic) bond motifs is 3. The van der Waals surface area contributed by atoms with E-state index in [1.54, 1.807) is 0 Å². The summed E-state index contributed by atoms with van der Waals surface area (Å²) in [7, 11) is 0. The molecule has 0 spiro atoms. The van der Waals surface area contributed by atoms with Gasteiger partial charge in [0, 0.05) is 24.8 Å². The Kier molecular flexibility index (Phi) is 1.93. The van der Waals surface area contributed by atoms with Crippen molar-refractivity contribution in [2.45, 2.75) is 44.4 Å². The van der Waals surface area contributed by atoms with E-state index < -0.39 is 0 Å². The highest BCUT2D eigenvalue weighted by Crippen LogP contribution is 2.42. The van der Waals surface area contributed by atoms with Gasteiger partial charge in [-0.25, -0.2) is 0 Å². The number of amides is 1. The number of ether oxygens (including phenoxy) is 1. The fourth-order valence-corrected chi connectivity index (χ4v) is 3.16. The zero-order valence-corrected chi connectivity index (χ0v) is 9.11. The molecule has 1 amide bonds. The summed E-state index contributed by atoms with van der Waals surface area (Å²) in [6.45, 7) is 2.88. The van der Waals surface area contributed by atoms with Crippen LogP contribution in [0.2, 0.25) is 0 Å². The number of hydrogen-bond acceptors (Lipinski definition) is 2. The summed E-state index contributed by atoms with van der Waals surface area (Å²) in [6.07, 6.45) is 8.01. The van der Waals surface area contributed by atoms with Crippen LogP contribution >= 0.6 is 0 Å². The molecule has 2 aliphatic heterocycles. The third kappa shape index (κ3) is 1.26. The largest absolute Gasteiger partial charge is 0.355 e. The molecule has 3 atom stereocenters. The van der Waals surface area contributed by atoms with Crippen molar-refractivity contribution >= 4 is 5.91 Å². The molecule has 1 aliphatic carbocycles. The van der Waals surface area contributed by atoms with Crippen molar-refractivity contribution in [3.8, 4) is 0 Å². The maximum atomic E-state index is 11.9. The molecular formula is C12H17NO2. The second kappa shape index (κ2) is 3.08. The molecule has 0 N–H and O–H groups in total. The molecule has 3 rings (SSSR count). The summed E-state index contributed by atoms with van der Waals surface area (Å²) in [5.41, 5.74) is -0.302. The molecule has 0 aromatic carbocycles. The van der Waals surface area contributed by atoms with Crippen LogP contribution in [0.4, 0.5) is 0 Å². The van der Waals surface area contributed by atoms with Gasteiger partial charge >= 0.3 is 0 Å². The van der Waals surface area contributed by atoms with Crippen molar-refractivity contribution < 1.29 is 9.53 Å². The topological polar surface area (TPSA) is 29.5 Å². The van der Waals surface area contributed by atoms with Crippen LogP contribution in [0, 0.1) is 5.92 Å². The summed E-state index contributed by atoms with van der Waals surface area (Å²) < 4.78 is 5.90. The van der Waals surface area contributed by atoms with Crippen molar-refractivity contribution in [1.29, 1.82) is 0 Å². The first-order valence-corrected chi connectivity index (χ1v) is 5.82. The lowest BCUT2D eigenvalue weighted by molar-refractivity contribution is -0.201. The second-order valence-corrected chi connectivity index (χ2v) is 5.02. The lowest BCUT2D eigenvalue weighted by atomic mass is 9.86. The molecule has 82 valence electrons. The van der Waals surface area contributed by atoms with E-state index >= 15 is 0 Å². The molecule has 0 radical (unpaired) electrons. The van der Waals surface area contributed by atoms with Gasteiger partial charge in [-0.15, -0.1) is 0 Å². The van der Waals surface area contributed by atoms with Crippen LogP contribution in [0.25, 0.3) is 0 Å². The maximum absolute atomic E-state index is 11.9. The first-order valence-electron chi connectivity index (χ1n) is 5.82. The first kappa shape index (κ1) is 9.40. The minimum Gasteiger partial charge on any atom is -0.355 e. The minimum absolute atomic E-state index is 0.280. The number of rotatable bonds is 0. The van der Waals surface area contributed by atoms with E-state index in [1.807, 2.05) is 4.90 Å². The van der Waals surface area contributed by atoms with Gasteiger partial charge in [0.25, 0.3) is 0 Å². The van der Waals surface area contributed by atoms with Gasteiger partial charge in [-0.3, -0.25) is 4.79 Å². The molecule has 3 nitrogen and oxygen atoms in total. The van der Waals surface area contributed by atoms with Gasteiger partial charge in [0.05, 0.1) is 6.61 Å². The van der Waals surface area contributed by atoms with Crippen molar-refractivity contribution in [1.82, 2.24) is 4.90 Å². The highest BCUT2D eigenvalue weighted by molar-refractivity contribution is 5.79. The van der Waals surface area contributed by atoms with Gasteiger partial charge < -0.3 is 9.64 Å². The summed E-state index contributed by atoms with van der Waals surface area (Å²) in [5, 5.41) is 0. The molecule has 0 aromatic heterocycles. The predicted octanol–water partition coefficient (Wildman–Crippen LogP) is 1.69. The van der Waals surface area contributed by atoms with E-state index in [4.69, 9.17) is 4.74 Å². The van der Waals surface area contributed by atoms with Crippen molar-refractivity contribution in [3.05, 3.63) is 12.2 Å². The zero-order valence-electron chi connectivity index (χ0n) is 9.11. The van der Waals surface area contributed by atoms with E-state index in [2.05, 4.69) is 19.1 Å². The molecule has 2 fully saturated rings. The molecular weight excluding hydrogens is 190 g/mol. The molecule has 0 unspecified atom stereocenters. The third-order valence-electron chi connectivity index (χ3n) is 4.05. The van der Waals surface area contributed by atoms with Crippen LogP contribution in [0.5, 0.6) is 0 Å². The van der Waals surface area contributed by atoms with Crippen LogP contribution in [-0.2, 0) is 9.53 Å². The summed E-state index contributed by atoms with van der Waals surface area (Å²) in [6, 6.07) is 0.392. The number of allylic oxidation sites excluding steroid dienone is 1. The van der Waals surface area contributed by atoms with E-state index in [-0.39, 0.29) is 11.6 Å². The Morgan fingerprint density at radius 2 is 2.27 bits per heavy atom. The second-order valence-electron chi connectivity index (χ2n) is 5.02. The third-order valence-corrected chi connectivity index (χ3v) is 4.05. The van der Waals surface area contributed by atoms with Crippen LogP contribution in [0.3, 0.4) is 0 Å². The molecule has 0 saturated carbocycles. The molecule has 3 aliphatic rings. The van der Waals surface area contributed by atoms with E-state index in [0.29, 0.717) is 18.4 Å². The highest BCUT2D eigenvalue weighted by atomic mass is 16.5. The van der Waals surface area contributed by atoms with Crippen molar-refractivity contribution in [3.63, 3.8) is 0 Å². The predicted molar refractivity (Wildman–Crippen MR) is 56.1 cm³/mol. The monoisotopic (exact) mass is 207 g/mol. The molecule has 0 aromatic rings. The number of nitrogens with zero attached hydrogens (tertiary/aromatic N) is 1. The average Bonchev–Trinajstić information content (AvgIpc) is 2.56. The molecule has 3 heteroatoms. The fourth-order valence-electron chi connectivity index (χ4n) is 3.16. The Balaban J connectivity index is 1.94. The van der Waals surface area contributed by atoms with Crippen LogP contribution in [0.15, 0.2) is 12.2 Å². The van der Waals surface area contributed by atoms with Gasteiger partial charge in [0.2, 0.25) is 5.91 Å². The van der Waals surface area contributed by atoms with Crippen LogP contribution in [-0.4, -0.2) is 29.2 Å².